The molecule has 5 rings (SSSR count). The number of ether oxygens (including phenoxy) is 1. The van der Waals surface area contributed by atoms with E-state index in [-0.39, 0.29) is 30.4 Å². The lowest BCUT2D eigenvalue weighted by molar-refractivity contribution is -0.155. The highest BCUT2D eigenvalue weighted by Gasteiger charge is 2.44. The SMILES string of the molecule is N#Cc1ccc(N2C3CCC2CN(C(=O)COC2(c4ccc(F)cn4)CCC2)C3)nc1. The molecule has 0 aromatic carbocycles. The molecule has 4 heterocycles. The molecule has 7 nitrogen and oxygen atoms in total. The Kier molecular flexibility index (Phi) is 5.06. The fourth-order valence-corrected chi connectivity index (χ4v) is 4.99. The molecule has 1 saturated carbocycles. The summed E-state index contributed by atoms with van der Waals surface area (Å²) in [6.07, 6.45) is 7.43. The molecule has 2 unspecified atom stereocenters. The third-order valence-electron chi connectivity index (χ3n) is 6.80. The number of hydrogen-bond acceptors (Lipinski definition) is 6. The van der Waals surface area contributed by atoms with Crippen molar-refractivity contribution >= 4 is 11.7 Å². The first-order valence-electron chi connectivity index (χ1n) is 10.8. The number of piperazine rings is 1. The van der Waals surface area contributed by atoms with Crippen molar-refractivity contribution in [1.82, 2.24) is 14.9 Å². The minimum atomic E-state index is -0.573. The molecular formula is C23H24FN5O2. The van der Waals surface area contributed by atoms with Gasteiger partial charge in [-0.25, -0.2) is 9.37 Å². The molecule has 3 fully saturated rings. The van der Waals surface area contributed by atoms with Crippen molar-refractivity contribution in [3.05, 3.63) is 53.7 Å². The van der Waals surface area contributed by atoms with Gasteiger partial charge in [-0.05, 0) is 56.4 Å². The maximum Gasteiger partial charge on any atom is 0.248 e. The number of aromatic nitrogens is 2. The van der Waals surface area contributed by atoms with Gasteiger partial charge in [0.1, 0.15) is 29.9 Å². The van der Waals surface area contributed by atoms with Gasteiger partial charge in [0, 0.05) is 31.4 Å². The zero-order valence-electron chi connectivity index (χ0n) is 17.2. The molecule has 2 aromatic heterocycles. The summed E-state index contributed by atoms with van der Waals surface area (Å²) in [6.45, 7) is 1.29. The van der Waals surface area contributed by atoms with Crippen molar-refractivity contribution in [3.8, 4) is 6.07 Å². The number of rotatable bonds is 5. The van der Waals surface area contributed by atoms with Gasteiger partial charge < -0.3 is 14.5 Å². The van der Waals surface area contributed by atoms with Crippen molar-refractivity contribution in [2.75, 3.05) is 24.6 Å². The second-order valence-electron chi connectivity index (χ2n) is 8.61. The van der Waals surface area contributed by atoms with Crippen molar-refractivity contribution < 1.29 is 13.9 Å². The van der Waals surface area contributed by atoms with Crippen LogP contribution in [0.3, 0.4) is 0 Å². The van der Waals surface area contributed by atoms with E-state index in [0.29, 0.717) is 24.3 Å². The van der Waals surface area contributed by atoms with Gasteiger partial charge in [-0.2, -0.15) is 5.26 Å². The average Bonchev–Trinajstić information content (AvgIpc) is 3.03. The van der Waals surface area contributed by atoms with Crippen LogP contribution in [0.2, 0.25) is 0 Å². The predicted octanol–water partition coefficient (Wildman–Crippen LogP) is 2.76. The molecule has 1 amide bonds. The molecule has 160 valence electrons. The first kappa shape index (κ1) is 19.9. The van der Waals surface area contributed by atoms with Crippen molar-refractivity contribution in [3.63, 3.8) is 0 Å². The van der Waals surface area contributed by atoms with Crippen LogP contribution >= 0.6 is 0 Å². The van der Waals surface area contributed by atoms with Crippen molar-refractivity contribution in [2.24, 2.45) is 0 Å². The monoisotopic (exact) mass is 421 g/mol. The Bertz CT molecular complexity index is 986. The summed E-state index contributed by atoms with van der Waals surface area (Å²) in [5.41, 5.74) is 0.670. The topological polar surface area (TPSA) is 82.4 Å². The van der Waals surface area contributed by atoms with E-state index in [1.165, 1.54) is 12.3 Å². The lowest BCUT2D eigenvalue weighted by Crippen LogP contribution is -2.56. The van der Waals surface area contributed by atoms with Gasteiger partial charge >= 0.3 is 0 Å². The number of pyridine rings is 2. The molecule has 0 spiro atoms. The molecule has 0 N–H and O–H groups in total. The Morgan fingerprint density at radius 3 is 2.48 bits per heavy atom. The van der Waals surface area contributed by atoms with Crippen LogP contribution in [-0.4, -0.2) is 52.6 Å². The minimum absolute atomic E-state index is 0.00755. The highest BCUT2D eigenvalue weighted by atomic mass is 19.1. The Labute approximate surface area is 180 Å². The molecule has 2 aromatic rings. The Balaban J connectivity index is 1.22. The van der Waals surface area contributed by atoms with Gasteiger partial charge in [-0.15, -0.1) is 0 Å². The number of nitrogens with zero attached hydrogens (tertiary/aromatic N) is 5. The summed E-state index contributed by atoms with van der Waals surface area (Å²) in [6, 6.07) is 9.26. The molecule has 31 heavy (non-hydrogen) atoms. The fourth-order valence-electron chi connectivity index (χ4n) is 4.99. The second kappa shape index (κ2) is 7.89. The molecule has 0 radical (unpaired) electrons. The highest BCUT2D eigenvalue weighted by molar-refractivity contribution is 5.78. The van der Waals surface area contributed by atoms with Gasteiger partial charge in [-0.3, -0.25) is 9.78 Å². The normalized spacial score (nSPS) is 23.9. The summed E-state index contributed by atoms with van der Waals surface area (Å²) in [5, 5.41) is 8.99. The van der Waals surface area contributed by atoms with Crippen LogP contribution in [0.5, 0.6) is 0 Å². The Morgan fingerprint density at radius 1 is 1.16 bits per heavy atom. The molecule has 8 heteroatoms. The summed E-state index contributed by atoms with van der Waals surface area (Å²) in [7, 11) is 0. The number of halogens is 1. The van der Waals surface area contributed by atoms with Gasteiger partial charge in [0.25, 0.3) is 0 Å². The van der Waals surface area contributed by atoms with E-state index >= 15 is 0 Å². The number of amides is 1. The van der Waals surface area contributed by atoms with Gasteiger partial charge in [-0.1, -0.05) is 0 Å². The molecule has 2 aliphatic heterocycles. The maximum atomic E-state index is 13.2. The van der Waals surface area contributed by atoms with Crippen LogP contribution in [-0.2, 0) is 15.1 Å². The zero-order valence-corrected chi connectivity index (χ0v) is 17.2. The molecule has 2 atom stereocenters. The number of carbonyl (C=O) groups excluding carboxylic acids is 1. The molecule has 2 bridgehead atoms. The van der Waals surface area contributed by atoms with E-state index in [0.717, 1.165) is 37.9 Å². The van der Waals surface area contributed by atoms with Gasteiger partial charge in [0.15, 0.2) is 0 Å². The van der Waals surface area contributed by atoms with Crippen LogP contribution in [0.1, 0.15) is 43.4 Å². The second-order valence-corrected chi connectivity index (χ2v) is 8.61. The smallest absolute Gasteiger partial charge is 0.248 e. The van der Waals surface area contributed by atoms with E-state index in [1.54, 1.807) is 18.3 Å². The summed E-state index contributed by atoms with van der Waals surface area (Å²) in [5.74, 6) is 0.475. The third kappa shape index (κ3) is 3.63. The molecule has 3 aliphatic rings. The number of fused-ring (bicyclic) bond motifs is 2. The standard InChI is InChI=1S/C23H24FN5O2/c24-17-3-6-20(26-12-17)23(8-1-9-23)31-15-22(30)28-13-18-4-5-19(14-28)29(18)21-7-2-16(10-25)11-27-21/h2-3,6-7,11-12,18-19H,1,4-5,8-9,13-15H2. The summed E-state index contributed by atoms with van der Waals surface area (Å²) >= 11 is 0. The highest BCUT2D eigenvalue weighted by Crippen LogP contribution is 2.44. The number of nitriles is 1. The third-order valence-corrected chi connectivity index (χ3v) is 6.80. The molecule has 2 saturated heterocycles. The molecule has 1 aliphatic carbocycles. The van der Waals surface area contributed by atoms with E-state index in [9.17, 15) is 9.18 Å². The van der Waals surface area contributed by atoms with E-state index in [4.69, 9.17) is 10.00 Å². The quantitative estimate of drug-likeness (QED) is 0.738. The summed E-state index contributed by atoms with van der Waals surface area (Å²) < 4.78 is 19.3. The first-order chi connectivity index (χ1) is 15.1. The number of carbonyl (C=O) groups is 1. The number of likely N-dealkylation sites (tertiary alicyclic amines) is 1. The summed E-state index contributed by atoms with van der Waals surface area (Å²) in [4.78, 5) is 25.8. The fraction of sp³-hybridized carbons (Fsp3) is 0.478. The number of hydrogen-bond donors (Lipinski definition) is 0. The van der Waals surface area contributed by atoms with Crippen LogP contribution in [0, 0.1) is 17.1 Å². The van der Waals surface area contributed by atoms with Gasteiger partial charge in [0.2, 0.25) is 5.91 Å². The maximum absolute atomic E-state index is 13.2. The molecular weight excluding hydrogens is 397 g/mol. The first-order valence-corrected chi connectivity index (χ1v) is 10.8. The van der Waals surface area contributed by atoms with Crippen LogP contribution in [0.25, 0.3) is 0 Å². The average molecular weight is 421 g/mol. The zero-order chi connectivity index (χ0) is 21.4. The minimum Gasteiger partial charge on any atom is -0.359 e. The van der Waals surface area contributed by atoms with E-state index in [2.05, 4.69) is 20.9 Å². The van der Waals surface area contributed by atoms with Gasteiger partial charge in [0.05, 0.1) is 17.5 Å². The Hall–Kier alpha value is -3.05. The van der Waals surface area contributed by atoms with Crippen molar-refractivity contribution in [1.29, 1.82) is 5.26 Å². The predicted molar refractivity (Wildman–Crippen MR) is 110 cm³/mol. The van der Waals surface area contributed by atoms with E-state index < -0.39 is 5.60 Å². The van der Waals surface area contributed by atoms with Crippen LogP contribution < -0.4 is 4.90 Å². The van der Waals surface area contributed by atoms with Crippen molar-refractivity contribution in [2.45, 2.75) is 49.8 Å². The lowest BCUT2D eigenvalue weighted by Gasteiger charge is -2.43. The largest absolute Gasteiger partial charge is 0.359 e. The van der Waals surface area contributed by atoms with E-state index in [1.807, 2.05) is 11.0 Å². The van der Waals surface area contributed by atoms with Crippen LogP contribution in [0.4, 0.5) is 10.2 Å². The number of anilines is 1. The Morgan fingerprint density at radius 2 is 1.94 bits per heavy atom. The van der Waals surface area contributed by atoms with Crippen LogP contribution in [0.15, 0.2) is 36.7 Å². The lowest BCUT2D eigenvalue weighted by atomic mass is 9.77.